The van der Waals surface area contributed by atoms with E-state index in [9.17, 15) is 14.4 Å². The summed E-state index contributed by atoms with van der Waals surface area (Å²) in [5.74, 6) is -0.757. The minimum absolute atomic E-state index is 0.0409. The number of carbonyl (C=O) groups is 2. The van der Waals surface area contributed by atoms with E-state index >= 15 is 0 Å². The highest BCUT2D eigenvalue weighted by molar-refractivity contribution is 6.17. The Hall–Kier alpha value is -3.45. The molecule has 1 aromatic heterocycles. The highest BCUT2D eigenvalue weighted by Crippen LogP contribution is 2.52. The normalized spacial score (nSPS) is 23.4. The molecule has 7 nitrogen and oxygen atoms in total. The average Bonchev–Trinajstić information content (AvgIpc) is 3.50. The highest BCUT2D eigenvalue weighted by Gasteiger charge is 2.65. The molecule has 0 bridgehead atoms. The summed E-state index contributed by atoms with van der Waals surface area (Å²) < 4.78 is 11.9. The molecule has 0 radical (unpaired) electrons. The number of aryl methyl sites for hydroxylation is 1. The third kappa shape index (κ3) is 2.64. The highest BCUT2D eigenvalue weighted by atomic mass is 16.5. The zero-order valence-corrected chi connectivity index (χ0v) is 19.3. The fraction of sp³-hybridized carbons (Fsp3) is 0.370. The molecule has 2 aromatic carbocycles. The van der Waals surface area contributed by atoms with Gasteiger partial charge in [0.2, 0.25) is 5.76 Å². The maximum Gasteiger partial charge on any atom is 0.291 e. The Morgan fingerprint density at radius 3 is 2.71 bits per heavy atom. The van der Waals surface area contributed by atoms with Gasteiger partial charge in [-0.2, -0.15) is 0 Å². The van der Waals surface area contributed by atoms with Gasteiger partial charge in [-0.05, 0) is 44.4 Å². The van der Waals surface area contributed by atoms with E-state index in [2.05, 4.69) is 0 Å². The van der Waals surface area contributed by atoms with Gasteiger partial charge in [0.1, 0.15) is 5.58 Å². The Bertz CT molecular complexity index is 1400. The molecule has 1 spiro atoms. The first-order chi connectivity index (χ1) is 16.5. The zero-order valence-electron chi connectivity index (χ0n) is 19.3. The number of ether oxygens (including phenoxy) is 1. The standard InChI is InChI=1S/C27H26N2O5/c1-3-12-28-20-9-5-4-8-19(20)27(26(28)32)22-23(30)18-14-16(2)10-11-21(18)34-24(22)25(31)29(27)15-17-7-6-13-33-17/h4-5,8-11,14,17H,3,6-7,12-13,15H2,1-2H3/t17-,27-/m0/s1. The molecule has 7 heteroatoms. The number of anilines is 1. The van der Waals surface area contributed by atoms with Crippen LogP contribution in [-0.4, -0.2) is 42.5 Å². The van der Waals surface area contributed by atoms with Crippen molar-refractivity contribution in [1.29, 1.82) is 0 Å². The first kappa shape index (κ1) is 21.1. The first-order valence-electron chi connectivity index (χ1n) is 11.9. The molecule has 3 aliphatic heterocycles. The monoisotopic (exact) mass is 458 g/mol. The number of hydrogen-bond acceptors (Lipinski definition) is 5. The van der Waals surface area contributed by atoms with E-state index < -0.39 is 11.4 Å². The van der Waals surface area contributed by atoms with Crippen molar-refractivity contribution in [2.75, 3.05) is 24.6 Å². The zero-order chi connectivity index (χ0) is 23.6. The third-order valence-corrected chi connectivity index (χ3v) is 7.25. The fourth-order valence-corrected chi connectivity index (χ4v) is 5.79. The molecule has 0 unspecified atom stereocenters. The summed E-state index contributed by atoms with van der Waals surface area (Å²) in [5.41, 5.74) is 0.882. The van der Waals surface area contributed by atoms with Gasteiger partial charge in [-0.3, -0.25) is 14.4 Å². The van der Waals surface area contributed by atoms with Gasteiger partial charge in [-0.25, -0.2) is 0 Å². The van der Waals surface area contributed by atoms with Crippen LogP contribution in [0.2, 0.25) is 0 Å². The van der Waals surface area contributed by atoms with Crippen molar-refractivity contribution in [2.24, 2.45) is 0 Å². The van der Waals surface area contributed by atoms with Gasteiger partial charge in [-0.15, -0.1) is 0 Å². The molecule has 3 aliphatic rings. The lowest BCUT2D eigenvalue weighted by atomic mass is 9.83. The number of amides is 2. The van der Waals surface area contributed by atoms with Crippen molar-refractivity contribution in [1.82, 2.24) is 4.90 Å². The van der Waals surface area contributed by atoms with Gasteiger partial charge >= 0.3 is 0 Å². The lowest BCUT2D eigenvalue weighted by Crippen LogP contribution is -2.55. The van der Waals surface area contributed by atoms with Crippen LogP contribution in [0.1, 0.15) is 53.4 Å². The molecular weight excluding hydrogens is 432 g/mol. The van der Waals surface area contributed by atoms with Crippen LogP contribution in [0.4, 0.5) is 5.69 Å². The lowest BCUT2D eigenvalue weighted by Gasteiger charge is -2.35. The van der Waals surface area contributed by atoms with E-state index in [0.717, 1.165) is 30.5 Å². The molecule has 0 aliphatic carbocycles. The molecule has 2 amide bonds. The topological polar surface area (TPSA) is 80.1 Å². The smallest absolute Gasteiger partial charge is 0.291 e. The summed E-state index contributed by atoms with van der Waals surface area (Å²) in [6.07, 6.45) is 2.25. The minimum atomic E-state index is -1.55. The van der Waals surface area contributed by atoms with Gasteiger partial charge in [0.05, 0.1) is 22.7 Å². The van der Waals surface area contributed by atoms with E-state index in [1.54, 1.807) is 21.9 Å². The van der Waals surface area contributed by atoms with Crippen molar-refractivity contribution in [3.8, 4) is 0 Å². The number of hydrogen-bond donors (Lipinski definition) is 0. The van der Waals surface area contributed by atoms with Crippen LogP contribution in [-0.2, 0) is 15.1 Å². The molecule has 6 rings (SSSR count). The number of nitrogens with zero attached hydrogens (tertiary/aromatic N) is 2. The molecule has 0 saturated carbocycles. The number of carbonyl (C=O) groups excluding carboxylic acids is 2. The van der Waals surface area contributed by atoms with Crippen LogP contribution in [0.3, 0.4) is 0 Å². The van der Waals surface area contributed by atoms with Crippen molar-refractivity contribution < 1.29 is 18.7 Å². The predicted octanol–water partition coefficient (Wildman–Crippen LogP) is 3.74. The van der Waals surface area contributed by atoms with Gasteiger partial charge in [0.25, 0.3) is 11.8 Å². The molecule has 4 heterocycles. The fourth-order valence-electron chi connectivity index (χ4n) is 5.79. The Labute approximate surface area is 196 Å². The maximum atomic E-state index is 14.3. The summed E-state index contributed by atoms with van der Waals surface area (Å²) in [7, 11) is 0. The van der Waals surface area contributed by atoms with E-state index in [0.29, 0.717) is 29.7 Å². The van der Waals surface area contributed by atoms with Gasteiger partial charge < -0.3 is 19.0 Å². The number of para-hydroxylation sites is 1. The molecular formula is C27H26N2O5. The lowest BCUT2D eigenvalue weighted by molar-refractivity contribution is -0.126. The van der Waals surface area contributed by atoms with E-state index in [-0.39, 0.29) is 35.3 Å². The number of rotatable bonds is 4. The van der Waals surface area contributed by atoms with Crippen LogP contribution < -0.4 is 10.3 Å². The van der Waals surface area contributed by atoms with Crippen molar-refractivity contribution in [2.45, 2.75) is 44.8 Å². The molecule has 2 atom stereocenters. The van der Waals surface area contributed by atoms with Crippen molar-refractivity contribution >= 4 is 28.5 Å². The van der Waals surface area contributed by atoms with E-state index in [1.165, 1.54) is 0 Å². The molecule has 1 saturated heterocycles. The summed E-state index contributed by atoms with van der Waals surface area (Å²) in [4.78, 5) is 45.5. The molecule has 174 valence electrons. The van der Waals surface area contributed by atoms with E-state index in [1.807, 2.05) is 44.2 Å². The Morgan fingerprint density at radius 1 is 1.12 bits per heavy atom. The largest absolute Gasteiger partial charge is 0.450 e. The van der Waals surface area contributed by atoms with Gasteiger partial charge in [0, 0.05) is 25.3 Å². The quantitative estimate of drug-likeness (QED) is 0.595. The summed E-state index contributed by atoms with van der Waals surface area (Å²) >= 11 is 0. The molecule has 34 heavy (non-hydrogen) atoms. The van der Waals surface area contributed by atoms with Gasteiger partial charge in [0.15, 0.2) is 11.0 Å². The Kier molecular flexibility index (Phi) is 4.68. The SMILES string of the molecule is CCCN1C(=O)[C@]2(c3ccccc31)c1c(oc3ccc(C)cc3c1=O)C(=O)N2C[C@@H]1CCCO1. The van der Waals surface area contributed by atoms with Crippen LogP contribution in [0.5, 0.6) is 0 Å². The van der Waals surface area contributed by atoms with Crippen LogP contribution in [0.25, 0.3) is 11.0 Å². The first-order valence-corrected chi connectivity index (χ1v) is 11.9. The summed E-state index contributed by atoms with van der Waals surface area (Å²) in [5, 5.41) is 0.379. The average molecular weight is 459 g/mol. The predicted molar refractivity (Wildman–Crippen MR) is 127 cm³/mol. The second-order valence-corrected chi connectivity index (χ2v) is 9.37. The number of fused-ring (bicyclic) bond motifs is 5. The molecule has 3 aromatic rings. The summed E-state index contributed by atoms with van der Waals surface area (Å²) in [6.45, 7) is 5.24. The number of benzene rings is 2. The van der Waals surface area contributed by atoms with Gasteiger partial charge in [-0.1, -0.05) is 36.8 Å². The Morgan fingerprint density at radius 2 is 1.94 bits per heavy atom. The Balaban J connectivity index is 1.69. The molecule has 0 N–H and O–H groups in total. The second-order valence-electron chi connectivity index (χ2n) is 9.37. The second kappa shape index (κ2) is 7.53. The van der Waals surface area contributed by atoms with Crippen LogP contribution in [0.15, 0.2) is 51.7 Å². The molecule has 1 fully saturated rings. The maximum absolute atomic E-state index is 14.3. The van der Waals surface area contributed by atoms with Crippen molar-refractivity contribution in [3.05, 3.63) is 75.1 Å². The summed E-state index contributed by atoms with van der Waals surface area (Å²) in [6, 6.07) is 12.8. The third-order valence-electron chi connectivity index (χ3n) is 7.25. The minimum Gasteiger partial charge on any atom is -0.450 e. The van der Waals surface area contributed by atoms with Crippen molar-refractivity contribution in [3.63, 3.8) is 0 Å². The van der Waals surface area contributed by atoms with E-state index in [4.69, 9.17) is 9.15 Å². The van der Waals surface area contributed by atoms with Crippen LogP contribution in [0, 0.1) is 6.92 Å². The van der Waals surface area contributed by atoms with Crippen LogP contribution >= 0.6 is 0 Å².